The van der Waals surface area contributed by atoms with Gasteiger partial charge in [-0.2, -0.15) is 0 Å². The summed E-state index contributed by atoms with van der Waals surface area (Å²) >= 11 is 0. The van der Waals surface area contributed by atoms with Crippen LogP contribution in [0.4, 0.5) is 5.82 Å². The molecule has 1 aliphatic heterocycles. The predicted molar refractivity (Wildman–Crippen MR) is 94.7 cm³/mol. The van der Waals surface area contributed by atoms with Gasteiger partial charge in [0.05, 0.1) is 17.0 Å². The lowest BCUT2D eigenvalue weighted by Crippen LogP contribution is -2.51. The molecule has 6 heteroatoms. The number of aromatic hydroxyl groups is 1. The van der Waals surface area contributed by atoms with Crippen molar-refractivity contribution in [3.05, 3.63) is 48.0 Å². The zero-order chi connectivity index (χ0) is 17.6. The number of benzene rings is 2. The van der Waals surface area contributed by atoms with Gasteiger partial charge in [0.25, 0.3) is 0 Å². The second-order valence-corrected chi connectivity index (χ2v) is 6.35. The molecule has 1 fully saturated rings. The Morgan fingerprint density at radius 3 is 2.64 bits per heavy atom. The van der Waals surface area contributed by atoms with Crippen molar-refractivity contribution >= 4 is 22.7 Å². The number of nitrogens with zero attached hydrogens (tertiary/aromatic N) is 3. The van der Waals surface area contributed by atoms with E-state index in [1.165, 1.54) is 0 Å². The molecule has 0 amide bonds. The van der Waals surface area contributed by atoms with Crippen LogP contribution in [0.25, 0.3) is 22.3 Å². The molecule has 126 valence electrons. The first-order chi connectivity index (χ1) is 12.0. The molecule has 0 atom stereocenters. The van der Waals surface area contributed by atoms with E-state index in [9.17, 15) is 9.90 Å². The number of aliphatic carboxylic acids is 1. The monoisotopic (exact) mass is 335 g/mol. The van der Waals surface area contributed by atoms with Gasteiger partial charge in [0.1, 0.15) is 11.6 Å². The Hall–Kier alpha value is -3.15. The van der Waals surface area contributed by atoms with Crippen molar-refractivity contribution in [1.82, 2.24) is 9.97 Å². The van der Waals surface area contributed by atoms with Gasteiger partial charge in [0.2, 0.25) is 0 Å². The third-order valence-electron chi connectivity index (χ3n) is 4.51. The highest BCUT2D eigenvalue weighted by molar-refractivity contribution is 5.92. The van der Waals surface area contributed by atoms with Crippen LogP contribution in [-0.4, -0.2) is 39.2 Å². The van der Waals surface area contributed by atoms with Crippen molar-refractivity contribution in [3.8, 4) is 17.1 Å². The maximum Gasteiger partial charge on any atom is 0.310 e. The lowest BCUT2D eigenvalue weighted by molar-refractivity contribution is -0.142. The summed E-state index contributed by atoms with van der Waals surface area (Å²) in [6.45, 7) is 2.84. The number of phenolic OH excluding ortho intramolecular Hbond substituents is 1. The molecular formula is C19H17N3O3. The molecule has 2 aromatic carbocycles. The average Bonchev–Trinajstić information content (AvgIpc) is 2.52. The summed E-state index contributed by atoms with van der Waals surface area (Å²) < 4.78 is 0. The topological polar surface area (TPSA) is 86.6 Å². The van der Waals surface area contributed by atoms with E-state index in [0.29, 0.717) is 30.3 Å². The Labute approximate surface area is 144 Å². The zero-order valence-electron chi connectivity index (χ0n) is 13.7. The Kier molecular flexibility index (Phi) is 3.53. The smallest absolute Gasteiger partial charge is 0.310 e. The minimum atomic E-state index is -0.786. The predicted octanol–water partition coefficient (Wildman–Crippen LogP) is 2.83. The molecule has 2 heterocycles. The standard InChI is InChI=1S/C19H17N3O3/c1-11-6-7-13-15(8-11)20-17(14-4-2-3-5-16(14)23)21-18(13)22-9-12(10-22)19(24)25/h2-8,12,23H,9-10H2,1H3,(H,24,25). The number of phenols is 1. The largest absolute Gasteiger partial charge is 0.507 e. The van der Waals surface area contributed by atoms with E-state index in [4.69, 9.17) is 5.11 Å². The van der Waals surface area contributed by atoms with Crippen LogP contribution in [0.2, 0.25) is 0 Å². The van der Waals surface area contributed by atoms with Gasteiger partial charge in [-0.25, -0.2) is 9.97 Å². The molecule has 0 saturated carbocycles. The number of para-hydroxylation sites is 1. The maximum atomic E-state index is 11.1. The fraction of sp³-hybridized carbons (Fsp3) is 0.211. The number of fused-ring (bicyclic) bond motifs is 1. The highest BCUT2D eigenvalue weighted by Crippen LogP contribution is 2.34. The van der Waals surface area contributed by atoms with Gasteiger partial charge in [-0.15, -0.1) is 0 Å². The third-order valence-corrected chi connectivity index (χ3v) is 4.51. The first-order valence-electron chi connectivity index (χ1n) is 8.07. The van der Waals surface area contributed by atoms with Crippen molar-refractivity contribution in [2.24, 2.45) is 5.92 Å². The third kappa shape index (κ3) is 2.65. The minimum absolute atomic E-state index is 0.118. The molecule has 4 rings (SSSR count). The summed E-state index contributed by atoms with van der Waals surface area (Å²) in [6.07, 6.45) is 0. The highest BCUT2D eigenvalue weighted by atomic mass is 16.4. The Morgan fingerprint density at radius 2 is 1.92 bits per heavy atom. The van der Waals surface area contributed by atoms with E-state index >= 15 is 0 Å². The Morgan fingerprint density at radius 1 is 1.16 bits per heavy atom. The van der Waals surface area contributed by atoms with Gasteiger partial charge in [-0.3, -0.25) is 4.79 Å². The molecule has 1 aliphatic rings. The number of carboxylic acid groups (broad SMARTS) is 1. The second-order valence-electron chi connectivity index (χ2n) is 6.35. The molecule has 3 aromatic rings. The van der Waals surface area contributed by atoms with E-state index < -0.39 is 5.97 Å². The first-order valence-corrected chi connectivity index (χ1v) is 8.07. The summed E-state index contributed by atoms with van der Waals surface area (Å²) in [5, 5.41) is 20.1. The molecule has 6 nitrogen and oxygen atoms in total. The van der Waals surface area contributed by atoms with E-state index in [0.717, 1.165) is 16.5 Å². The van der Waals surface area contributed by atoms with Crippen LogP contribution in [0.15, 0.2) is 42.5 Å². The fourth-order valence-corrected chi connectivity index (χ4v) is 3.05. The van der Waals surface area contributed by atoms with E-state index in [1.54, 1.807) is 18.2 Å². The molecule has 0 radical (unpaired) electrons. The van der Waals surface area contributed by atoms with Crippen molar-refractivity contribution in [1.29, 1.82) is 0 Å². The van der Waals surface area contributed by atoms with Crippen LogP contribution in [-0.2, 0) is 4.79 Å². The van der Waals surface area contributed by atoms with Crippen LogP contribution in [0.1, 0.15) is 5.56 Å². The summed E-state index contributed by atoms with van der Waals surface area (Å²) in [4.78, 5) is 22.3. The van der Waals surface area contributed by atoms with Gasteiger partial charge in [0, 0.05) is 18.5 Å². The molecule has 0 aliphatic carbocycles. The number of hydrogen-bond acceptors (Lipinski definition) is 5. The SMILES string of the molecule is Cc1ccc2c(N3CC(C(=O)O)C3)nc(-c3ccccc3O)nc2c1. The summed E-state index contributed by atoms with van der Waals surface area (Å²) in [5.74, 6) is 0.105. The fourth-order valence-electron chi connectivity index (χ4n) is 3.05. The van der Waals surface area contributed by atoms with Gasteiger partial charge >= 0.3 is 5.97 Å². The van der Waals surface area contributed by atoms with E-state index in [2.05, 4.69) is 9.97 Å². The lowest BCUT2D eigenvalue weighted by atomic mass is 9.99. The van der Waals surface area contributed by atoms with Crippen molar-refractivity contribution < 1.29 is 15.0 Å². The molecule has 0 unspecified atom stereocenters. The molecule has 25 heavy (non-hydrogen) atoms. The summed E-state index contributed by atoms with van der Waals surface area (Å²) in [7, 11) is 0. The normalized spacial score (nSPS) is 14.5. The van der Waals surface area contributed by atoms with Crippen molar-refractivity contribution in [2.75, 3.05) is 18.0 Å². The highest BCUT2D eigenvalue weighted by Gasteiger charge is 2.34. The van der Waals surface area contributed by atoms with Gasteiger partial charge < -0.3 is 15.1 Å². The molecule has 0 bridgehead atoms. The van der Waals surface area contributed by atoms with Crippen molar-refractivity contribution in [2.45, 2.75) is 6.92 Å². The molecule has 0 spiro atoms. The number of anilines is 1. The molecule has 1 aromatic heterocycles. The number of aromatic nitrogens is 2. The van der Waals surface area contributed by atoms with E-state index in [1.807, 2.05) is 36.1 Å². The minimum Gasteiger partial charge on any atom is -0.507 e. The van der Waals surface area contributed by atoms with Crippen LogP contribution >= 0.6 is 0 Å². The maximum absolute atomic E-state index is 11.1. The quantitative estimate of drug-likeness (QED) is 0.765. The Bertz CT molecular complexity index is 981. The molecule has 2 N–H and O–H groups in total. The van der Waals surface area contributed by atoms with Gasteiger partial charge in [0.15, 0.2) is 5.82 Å². The average molecular weight is 335 g/mol. The van der Waals surface area contributed by atoms with E-state index in [-0.39, 0.29) is 11.7 Å². The second kappa shape index (κ2) is 5.73. The molecule has 1 saturated heterocycles. The number of aryl methyl sites for hydroxylation is 1. The number of rotatable bonds is 3. The van der Waals surface area contributed by atoms with Crippen LogP contribution < -0.4 is 4.90 Å². The molecular weight excluding hydrogens is 318 g/mol. The number of hydrogen-bond donors (Lipinski definition) is 2. The van der Waals surface area contributed by atoms with Crippen LogP contribution in [0.3, 0.4) is 0 Å². The first kappa shape index (κ1) is 15.4. The zero-order valence-corrected chi connectivity index (χ0v) is 13.7. The lowest BCUT2D eigenvalue weighted by Gasteiger charge is -2.38. The summed E-state index contributed by atoms with van der Waals surface area (Å²) in [6, 6.07) is 12.9. The summed E-state index contributed by atoms with van der Waals surface area (Å²) in [5.41, 5.74) is 2.41. The number of carbonyl (C=O) groups is 1. The number of carboxylic acids is 1. The van der Waals surface area contributed by atoms with Crippen LogP contribution in [0.5, 0.6) is 5.75 Å². The Balaban J connectivity index is 1.86. The van der Waals surface area contributed by atoms with Gasteiger partial charge in [-0.05, 0) is 36.8 Å². The van der Waals surface area contributed by atoms with Gasteiger partial charge in [-0.1, -0.05) is 18.2 Å². The van der Waals surface area contributed by atoms with Crippen LogP contribution in [0, 0.1) is 12.8 Å². The van der Waals surface area contributed by atoms with Crippen molar-refractivity contribution in [3.63, 3.8) is 0 Å².